The maximum Gasteiger partial charge on any atom is 0.328 e. The molecular formula is C28H40N6O2. The highest BCUT2D eigenvalue weighted by Gasteiger charge is 2.42. The van der Waals surface area contributed by atoms with Gasteiger partial charge in [-0.2, -0.15) is 5.10 Å². The number of carbonyl (C=O) groups is 2. The average molecular weight is 493 g/mol. The second kappa shape index (κ2) is 9.78. The van der Waals surface area contributed by atoms with Crippen LogP contribution in [0.2, 0.25) is 0 Å². The monoisotopic (exact) mass is 492 g/mol. The van der Waals surface area contributed by atoms with Gasteiger partial charge >= 0.3 is 6.03 Å². The Kier molecular flexibility index (Phi) is 6.50. The van der Waals surface area contributed by atoms with Crippen LogP contribution in [0.1, 0.15) is 63.9 Å². The molecule has 194 valence electrons. The standard InChI is InChI=1S/C28H40N6O2/c1-2-28(16-21-4-3-5-22(14-21)17-28)20-32-12-10-31(11-13-32)19-23-6-9-34-24(15-23)25(18-29-34)33-8-7-26(35)30-27(33)36/h6,9,15,18,21-22H,2-5,7-8,10-14,16-17,19-20H2,1H3,(H,30,35,36). The van der Waals surface area contributed by atoms with Crippen molar-refractivity contribution in [3.63, 3.8) is 0 Å². The quantitative estimate of drug-likeness (QED) is 0.662. The molecule has 2 aromatic rings. The number of amides is 3. The molecule has 0 spiro atoms. The second-order valence-electron chi connectivity index (χ2n) is 11.9. The fraction of sp³-hybridized carbons (Fsp3) is 0.679. The highest BCUT2D eigenvalue weighted by Crippen LogP contribution is 2.50. The van der Waals surface area contributed by atoms with Gasteiger partial charge in [0.2, 0.25) is 5.91 Å². The Hall–Kier alpha value is -2.45. The number of hydrogen-bond acceptors (Lipinski definition) is 5. The molecule has 2 unspecified atom stereocenters. The molecule has 2 saturated heterocycles. The predicted octanol–water partition coefficient (Wildman–Crippen LogP) is 3.89. The van der Waals surface area contributed by atoms with Gasteiger partial charge in [0.15, 0.2) is 0 Å². The minimum Gasteiger partial charge on any atom is -0.300 e. The zero-order valence-corrected chi connectivity index (χ0v) is 21.6. The maximum absolute atomic E-state index is 12.4. The van der Waals surface area contributed by atoms with E-state index in [1.54, 1.807) is 11.1 Å². The molecule has 4 heterocycles. The number of hydrogen-bond donors (Lipinski definition) is 1. The van der Waals surface area contributed by atoms with Gasteiger partial charge in [0.25, 0.3) is 0 Å². The number of anilines is 1. The molecule has 8 heteroatoms. The van der Waals surface area contributed by atoms with Gasteiger partial charge in [-0.3, -0.25) is 19.9 Å². The zero-order chi connectivity index (χ0) is 24.7. The van der Waals surface area contributed by atoms with Gasteiger partial charge in [-0.15, -0.1) is 0 Å². The van der Waals surface area contributed by atoms with Crippen molar-refractivity contribution >= 4 is 23.1 Å². The SMILES string of the molecule is CCC1(CN2CCN(Cc3ccn4ncc(N5CCC(=O)NC5=O)c4c3)CC2)CC2CCCC(C2)C1. The molecule has 4 aliphatic rings. The highest BCUT2D eigenvalue weighted by atomic mass is 16.2. The summed E-state index contributed by atoms with van der Waals surface area (Å²) in [4.78, 5) is 30.8. The Labute approximate surface area is 214 Å². The third kappa shape index (κ3) is 4.77. The molecule has 2 bridgehead atoms. The molecule has 2 aliphatic heterocycles. The molecule has 1 N–H and O–H groups in total. The summed E-state index contributed by atoms with van der Waals surface area (Å²) in [6.07, 6.45) is 14.1. The van der Waals surface area contributed by atoms with Gasteiger partial charge in [0, 0.05) is 58.4 Å². The van der Waals surface area contributed by atoms with Crippen molar-refractivity contribution < 1.29 is 9.59 Å². The molecule has 3 amide bonds. The van der Waals surface area contributed by atoms with Gasteiger partial charge in [-0.25, -0.2) is 9.31 Å². The van der Waals surface area contributed by atoms with E-state index in [2.05, 4.69) is 39.3 Å². The van der Waals surface area contributed by atoms with Crippen LogP contribution in [0.25, 0.3) is 5.52 Å². The lowest BCUT2D eigenvalue weighted by molar-refractivity contribution is -0.120. The first-order chi connectivity index (χ1) is 17.5. The van der Waals surface area contributed by atoms with E-state index >= 15 is 0 Å². The number of nitrogens with zero attached hydrogens (tertiary/aromatic N) is 5. The number of nitrogens with one attached hydrogen (secondary N) is 1. The zero-order valence-electron chi connectivity index (χ0n) is 21.6. The predicted molar refractivity (Wildman–Crippen MR) is 140 cm³/mol. The van der Waals surface area contributed by atoms with Crippen molar-refractivity contribution in [2.24, 2.45) is 17.3 Å². The average Bonchev–Trinajstić information content (AvgIpc) is 3.28. The largest absolute Gasteiger partial charge is 0.328 e. The summed E-state index contributed by atoms with van der Waals surface area (Å²) < 4.78 is 1.81. The molecule has 8 nitrogen and oxygen atoms in total. The molecule has 6 rings (SSSR count). The minimum absolute atomic E-state index is 0.219. The van der Waals surface area contributed by atoms with Crippen LogP contribution in [0.5, 0.6) is 0 Å². The smallest absolute Gasteiger partial charge is 0.300 e. The van der Waals surface area contributed by atoms with E-state index in [0.717, 1.165) is 55.8 Å². The number of rotatable bonds is 6. The van der Waals surface area contributed by atoms with Gasteiger partial charge in [0.1, 0.15) is 0 Å². The molecule has 0 radical (unpaired) electrons. The normalized spacial score (nSPS) is 30.1. The third-order valence-electron chi connectivity index (χ3n) is 9.43. The Morgan fingerprint density at radius 1 is 1.06 bits per heavy atom. The second-order valence-corrected chi connectivity index (χ2v) is 11.9. The summed E-state index contributed by atoms with van der Waals surface area (Å²) in [7, 11) is 0. The van der Waals surface area contributed by atoms with Crippen molar-refractivity contribution in [1.82, 2.24) is 24.7 Å². The van der Waals surface area contributed by atoms with Crippen LogP contribution in [0.4, 0.5) is 10.5 Å². The van der Waals surface area contributed by atoms with Gasteiger partial charge in [0.05, 0.1) is 17.4 Å². The van der Waals surface area contributed by atoms with Crippen LogP contribution in [0.15, 0.2) is 24.5 Å². The minimum atomic E-state index is -0.367. The molecule has 2 atom stereocenters. The number of aromatic nitrogens is 2. The Balaban J connectivity index is 1.08. The fourth-order valence-electron chi connectivity index (χ4n) is 7.56. The molecule has 2 saturated carbocycles. The summed E-state index contributed by atoms with van der Waals surface area (Å²) in [5.41, 5.74) is 3.44. The molecule has 2 aliphatic carbocycles. The van der Waals surface area contributed by atoms with Crippen LogP contribution >= 0.6 is 0 Å². The van der Waals surface area contributed by atoms with Crippen molar-refractivity contribution in [3.8, 4) is 0 Å². The molecule has 4 fully saturated rings. The van der Waals surface area contributed by atoms with Crippen LogP contribution in [0, 0.1) is 17.3 Å². The van der Waals surface area contributed by atoms with E-state index in [1.165, 1.54) is 57.1 Å². The van der Waals surface area contributed by atoms with Crippen molar-refractivity contribution in [2.45, 2.75) is 64.8 Å². The van der Waals surface area contributed by atoms with Crippen LogP contribution in [0.3, 0.4) is 0 Å². The van der Waals surface area contributed by atoms with E-state index in [-0.39, 0.29) is 11.9 Å². The summed E-state index contributed by atoms with van der Waals surface area (Å²) in [6.45, 7) is 9.51. The van der Waals surface area contributed by atoms with E-state index in [9.17, 15) is 9.59 Å². The number of imide groups is 1. The van der Waals surface area contributed by atoms with Crippen LogP contribution in [-0.2, 0) is 11.3 Å². The summed E-state index contributed by atoms with van der Waals surface area (Å²) in [6, 6.07) is 3.91. The van der Waals surface area contributed by atoms with Gasteiger partial charge in [-0.1, -0.05) is 26.2 Å². The first-order valence-corrected chi connectivity index (χ1v) is 14.0. The summed E-state index contributed by atoms with van der Waals surface area (Å²) in [5.74, 6) is 1.75. The number of fused-ring (bicyclic) bond motifs is 3. The molecule has 36 heavy (non-hydrogen) atoms. The summed E-state index contributed by atoms with van der Waals surface area (Å²) >= 11 is 0. The molecule has 0 aromatic carbocycles. The van der Waals surface area contributed by atoms with E-state index in [4.69, 9.17) is 0 Å². The Morgan fingerprint density at radius 2 is 1.81 bits per heavy atom. The summed E-state index contributed by atoms with van der Waals surface area (Å²) in [5, 5.41) is 6.84. The number of pyridine rings is 1. The van der Waals surface area contributed by atoms with Crippen molar-refractivity contribution in [1.29, 1.82) is 0 Å². The van der Waals surface area contributed by atoms with Gasteiger partial charge < -0.3 is 4.90 Å². The lowest BCUT2D eigenvalue weighted by Crippen LogP contribution is -2.51. The van der Waals surface area contributed by atoms with Crippen LogP contribution < -0.4 is 10.2 Å². The number of urea groups is 1. The van der Waals surface area contributed by atoms with Crippen molar-refractivity contribution in [3.05, 3.63) is 30.1 Å². The topological polar surface area (TPSA) is 73.2 Å². The first kappa shape index (κ1) is 23.9. The van der Waals surface area contributed by atoms with Gasteiger partial charge in [-0.05, 0) is 60.6 Å². The Morgan fingerprint density at radius 3 is 2.53 bits per heavy atom. The van der Waals surface area contributed by atoms with E-state index in [0.29, 0.717) is 18.4 Å². The lowest BCUT2D eigenvalue weighted by atomic mass is 9.59. The molecule has 2 aromatic heterocycles. The van der Waals surface area contributed by atoms with E-state index < -0.39 is 0 Å². The lowest BCUT2D eigenvalue weighted by Gasteiger charge is -2.50. The Bertz CT molecular complexity index is 1110. The maximum atomic E-state index is 12.4. The number of carbonyl (C=O) groups excluding carboxylic acids is 2. The third-order valence-corrected chi connectivity index (χ3v) is 9.43. The number of piperazine rings is 1. The van der Waals surface area contributed by atoms with Crippen molar-refractivity contribution in [2.75, 3.05) is 44.2 Å². The highest BCUT2D eigenvalue weighted by molar-refractivity contribution is 6.07. The fourth-order valence-corrected chi connectivity index (χ4v) is 7.56. The van der Waals surface area contributed by atoms with E-state index in [1.807, 2.05) is 10.7 Å². The molecular weight excluding hydrogens is 452 g/mol. The first-order valence-electron chi connectivity index (χ1n) is 14.0. The van der Waals surface area contributed by atoms with Crippen LogP contribution in [-0.4, -0.2) is 70.6 Å².